The highest BCUT2D eigenvalue weighted by Gasteiger charge is 2.29. The molecule has 0 aliphatic heterocycles. The summed E-state index contributed by atoms with van der Waals surface area (Å²) >= 11 is 11.6. The van der Waals surface area contributed by atoms with Gasteiger partial charge >= 0.3 is 0 Å². The van der Waals surface area contributed by atoms with Crippen LogP contribution in [0.3, 0.4) is 0 Å². The molecule has 0 aromatic heterocycles. The van der Waals surface area contributed by atoms with Crippen LogP contribution in [0.4, 0.5) is 0 Å². The van der Waals surface area contributed by atoms with Gasteiger partial charge in [-0.15, -0.1) is 0 Å². The van der Waals surface area contributed by atoms with Crippen molar-refractivity contribution in [2.45, 2.75) is 12.2 Å². The van der Waals surface area contributed by atoms with E-state index >= 15 is 0 Å². The molecule has 0 radical (unpaired) electrons. The second-order valence-electron chi connectivity index (χ2n) is 3.49. The van der Waals surface area contributed by atoms with Crippen LogP contribution in [0.2, 0.25) is 10.0 Å². The smallest absolute Gasteiger partial charge is 0.161 e. The molecule has 3 nitrogen and oxygen atoms in total. The number of Topliss-reactive ketones (excluding diaryl/α,β-unsaturated/α-hetero) is 1. The largest absolute Gasteiger partial charge is 0.298 e. The number of carbonyl (C=O) groups is 1. The highest BCUT2D eigenvalue weighted by atomic mass is 35.5. The van der Waals surface area contributed by atoms with E-state index in [1.165, 1.54) is 25.1 Å². The second-order valence-corrected chi connectivity index (χ2v) is 6.46. The first-order chi connectivity index (χ1) is 7.23. The van der Waals surface area contributed by atoms with Crippen molar-refractivity contribution in [2.75, 3.05) is 6.26 Å². The third-order valence-electron chi connectivity index (χ3n) is 2.04. The molecule has 1 aromatic rings. The highest BCUT2D eigenvalue weighted by molar-refractivity contribution is 7.91. The zero-order valence-corrected chi connectivity index (χ0v) is 11.0. The lowest BCUT2D eigenvalue weighted by atomic mass is 10.1. The van der Waals surface area contributed by atoms with E-state index in [-0.39, 0.29) is 10.6 Å². The van der Waals surface area contributed by atoms with Crippen molar-refractivity contribution < 1.29 is 13.2 Å². The molecule has 0 aliphatic rings. The monoisotopic (exact) mass is 280 g/mol. The van der Waals surface area contributed by atoms with Crippen LogP contribution in [0.15, 0.2) is 18.2 Å². The van der Waals surface area contributed by atoms with E-state index in [1.807, 2.05) is 0 Å². The molecule has 1 atom stereocenters. The summed E-state index contributed by atoms with van der Waals surface area (Å²) in [5, 5.41) is -0.653. The molecule has 0 aliphatic carbocycles. The van der Waals surface area contributed by atoms with E-state index in [0.717, 1.165) is 6.26 Å². The van der Waals surface area contributed by atoms with Gasteiger partial charge in [-0.2, -0.15) is 0 Å². The van der Waals surface area contributed by atoms with Gasteiger partial charge in [0.05, 0.1) is 0 Å². The molecule has 1 aromatic carbocycles. The molecule has 1 rings (SSSR count). The molecule has 0 spiro atoms. The van der Waals surface area contributed by atoms with Crippen LogP contribution in [-0.4, -0.2) is 20.5 Å². The number of rotatable bonds is 3. The number of hydrogen-bond donors (Lipinski definition) is 0. The molecule has 0 bridgehead atoms. The van der Waals surface area contributed by atoms with Gasteiger partial charge in [0, 0.05) is 16.3 Å². The quantitative estimate of drug-likeness (QED) is 0.855. The Kier molecular flexibility index (Phi) is 3.99. The van der Waals surface area contributed by atoms with Crippen molar-refractivity contribution in [3.63, 3.8) is 0 Å². The summed E-state index contributed by atoms with van der Waals surface area (Å²) in [6.45, 7) is 1.22. The first-order valence-corrected chi connectivity index (χ1v) is 7.09. The molecule has 16 heavy (non-hydrogen) atoms. The minimum atomic E-state index is -3.53. The van der Waals surface area contributed by atoms with Crippen LogP contribution in [0.25, 0.3) is 0 Å². The van der Waals surface area contributed by atoms with Gasteiger partial charge in [-0.05, 0) is 24.6 Å². The van der Waals surface area contributed by atoms with Crippen molar-refractivity contribution in [1.29, 1.82) is 0 Å². The number of ketones is 1. The number of benzene rings is 1. The van der Waals surface area contributed by atoms with Crippen LogP contribution < -0.4 is 0 Å². The molecule has 0 fully saturated rings. The number of sulfone groups is 1. The topological polar surface area (TPSA) is 51.2 Å². The lowest BCUT2D eigenvalue weighted by molar-refractivity contribution is -0.116. The van der Waals surface area contributed by atoms with E-state index < -0.39 is 20.9 Å². The third-order valence-corrected chi connectivity index (χ3v) is 4.05. The summed E-state index contributed by atoms with van der Waals surface area (Å²) in [5.74, 6) is -0.466. The Morgan fingerprint density at radius 3 is 2.25 bits per heavy atom. The van der Waals surface area contributed by atoms with E-state index in [0.29, 0.717) is 5.02 Å². The van der Waals surface area contributed by atoms with Crippen molar-refractivity contribution in [1.82, 2.24) is 0 Å². The Bertz CT molecular complexity index is 523. The van der Waals surface area contributed by atoms with Crippen LogP contribution >= 0.6 is 23.2 Å². The van der Waals surface area contributed by atoms with Gasteiger partial charge in [0.1, 0.15) is 5.25 Å². The van der Waals surface area contributed by atoms with Crippen LogP contribution in [0, 0.1) is 0 Å². The summed E-state index contributed by atoms with van der Waals surface area (Å²) in [6, 6.07) is 4.38. The molecule has 1 unspecified atom stereocenters. The van der Waals surface area contributed by atoms with E-state index in [9.17, 15) is 13.2 Å². The fraction of sp³-hybridized carbons (Fsp3) is 0.300. The lowest BCUT2D eigenvalue weighted by Gasteiger charge is -2.13. The molecule has 88 valence electrons. The molecule has 0 amide bonds. The van der Waals surface area contributed by atoms with Crippen LogP contribution in [0.5, 0.6) is 0 Å². The number of halogens is 2. The van der Waals surface area contributed by atoms with Crippen molar-refractivity contribution in [3.8, 4) is 0 Å². The van der Waals surface area contributed by atoms with Gasteiger partial charge < -0.3 is 0 Å². The minimum Gasteiger partial charge on any atom is -0.298 e. The van der Waals surface area contributed by atoms with Gasteiger partial charge in [0.25, 0.3) is 0 Å². The van der Waals surface area contributed by atoms with Crippen molar-refractivity contribution in [2.24, 2.45) is 0 Å². The third kappa shape index (κ3) is 2.97. The van der Waals surface area contributed by atoms with Crippen molar-refractivity contribution >= 4 is 38.8 Å². The van der Waals surface area contributed by atoms with Crippen molar-refractivity contribution in [3.05, 3.63) is 33.8 Å². The van der Waals surface area contributed by atoms with E-state index in [2.05, 4.69) is 0 Å². The maximum Gasteiger partial charge on any atom is 0.161 e. The second kappa shape index (κ2) is 4.73. The standard InChI is InChI=1S/C10H10Cl2O3S/c1-6(13)10(16(2,14)15)8-4-3-7(11)5-9(8)12/h3-5,10H,1-2H3. The molecular formula is C10H10Cl2O3S. The molecule has 0 saturated heterocycles. The zero-order chi connectivity index (χ0) is 12.5. The molecule has 0 N–H and O–H groups in total. The average Bonchev–Trinajstić information content (AvgIpc) is 2.06. The molecule has 0 saturated carbocycles. The minimum absolute atomic E-state index is 0.179. The summed E-state index contributed by atoms with van der Waals surface area (Å²) in [5.41, 5.74) is 0.265. The van der Waals surface area contributed by atoms with Gasteiger partial charge in [0.2, 0.25) is 0 Å². The SMILES string of the molecule is CC(=O)C(c1ccc(Cl)cc1Cl)S(C)(=O)=O. The predicted molar refractivity (Wildman–Crippen MR) is 64.7 cm³/mol. The van der Waals surface area contributed by atoms with Gasteiger partial charge in [-0.1, -0.05) is 29.3 Å². The Morgan fingerprint density at radius 1 is 1.31 bits per heavy atom. The zero-order valence-electron chi connectivity index (χ0n) is 8.70. The van der Waals surface area contributed by atoms with E-state index in [4.69, 9.17) is 23.2 Å². The number of carbonyl (C=O) groups excluding carboxylic acids is 1. The first-order valence-electron chi connectivity index (χ1n) is 4.37. The fourth-order valence-corrected chi connectivity index (χ4v) is 3.32. The molecule has 0 heterocycles. The summed E-state index contributed by atoms with van der Waals surface area (Å²) in [6.07, 6.45) is 1.00. The fourth-order valence-electron chi connectivity index (χ4n) is 1.47. The normalized spacial score (nSPS) is 13.5. The summed E-state index contributed by atoms with van der Waals surface area (Å²) < 4.78 is 23.0. The van der Waals surface area contributed by atoms with E-state index in [1.54, 1.807) is 0 Å². The Labute approximate surface area is 104 Å². The summed E-state index contributed by atoms with van der Waals surface area (Å²) in [4.78, 5) is 11.4. The maximum absolute atomic E-state index is 11.5. The van der Waals surface area contributed by atoms with Gasteiger partial charge in [0.15, 0.2) is 15.6 Å². The average molecular weight is 281 g/mol. The summed E-state index contributed by atoms with van der Waals surface area (Å²) in [7, 11) is -3.53. The van der Waals surface area contributed by atoms with Gasteiger partial charge in [-0.25, -0.2) is 8.42 Å². The highest BCUT2D eigenvalue weighted by Crippen LogP contribution is 2.31. The van der Waals surface area contributed by atoms with Crippen LogP contribution in [-0.2, 0) is 14.6 Å². The molecule has 6 heteroatoms. The Morgan fingerprint density at radius 2 is 1.88 bits per heavy atom. The first kappa shape index (κ1) is 13.5. The Balaban J connectivity index is 3.39. The molecular weight excluding hydrogens is 271 g/mol. The lowest BCUT2D eigenvalue weighted by Crippen LogP contribution is -2.19. The van der Waals surface area contributed by atoms with Gasteiger partial charge in [-0.3, -0.25) is 4.79 Å². The Hall–Kier alpha value is -0.580. The number of hydrogen-bond acceptors (Lipinski definition) is 3. The van der Waals surface area contributed by atoms with Crippen LogP contribution in [0.1, 0.15) is 17.7 Å². The maximum atomic E-state index is 11.5. The predicted octanol–water partition coefficient (Wildman–Crippen LogP) is 2.67.